The summed E-state index contributed by atoms with van der Waals surface area (Å²) in [6, 6.07) is 0. The van der Waals surface area contributed by atoms with Gasteiger partial charge in [0, 0.05) is 24.8 Å². The van der Waals surface area contributed by atoms with Gasteiger partial charge in [-0.3, -0.25) is 0 Å². The first-order valence-corrected chi connectivity index (χ1v) is 7.83. The predicted molar refractivity (Wildman–Crippen MR) is 84.7 cm³/mol. The van der Waals surface area contributed by atoms with E-state index in [0.29, 0.717) is 5.92 Å². The normalized spacial score (nSPS) is 15.8. The summed E-state index contributed by atoms with van der Waals surface area (Å²) in [7, 11) is 0. The van der Waals surface area contributed by atoms with Crippen molar-refractivity contribution >= 4 is 24.2 Å². The lowest BCUT2D eigenvalue weighted by atomic mass is 9.97. The first-order valence-electron chi connectivity index (χ1n) is 6.85. The Morgan fingerprint density at radius 1 is 1.40 bits per heavy atom. The lowest BCUT2D eigenvalue weighted by molar-refractivity contribution is 0.296. The Hall–Kier alpha value is -0.560. The van der Waals surface area contributed by atoms with Crippen molar-refractivity contribution in [3.05, 3.63) is 18.5 Å². The highest BCUT2D eigenvalue weighted by Crippen LogP contribution is 2.27. The molecule has 20 heavy (non-hydrogen) atoms. The third-order valence-electron chi connectivity index (χ3n) is 3.30. The molecule has 114 valence electrons. The van der Waals surface area contributed by atoms with Crippen LogP contribution in [0.1, 0.15) is 31.0 Å². The number of hydrogen-bond donors (Lipinski definition) is 2. The fourth-order valence-electron chi connectivity index (χ4n) is 2.32. The second kappa shape index (κ2) is 9.39. The number of nitrogens with zero attached hydrogens (tertiary/aromatic N) is 3. The first kappa shape index (κ1) is 17.5. The quantitative estimate of drug-likeness (QED) is 0.456. The zero-order chi connectivity index (χ0) is 13.5. The third-order valence-corrected chi connectivity index (χ3v) is 4.35. The summed E-state index contributed by atoms with van der Waals surface area (Å²) in [5.41, 5.74) is 0. The zero-order valence-corrected chi connectivity index (χ0v) is 13.3. The van der Waals surface area contributed by atoms with Gasteiger partial charge in [0.2, 0.25) is 0 Å². The van der Waals surface area contributed by atoms with Crippen molar-refractivity contribution < 1.29 is 5.11 Å². The number of thioether (sulfide) groups is 1. The van der Waals surface area contributed by atoms with Gasteiger partial charge >= 0.3 is 0 Å². The van der Waals surface area contributed by atoms with E-state index in [4.69, 9.17) is 5.11 Å². The Morgan fingerprint density at radius 2 is 2.15 bits per heavy atom. The van der Waals surface area contributed by atoms with Crippen LogP contribution in [0.3, 0.4) is 0 Å². The fourth-order valence-corrected chi connectivity index (χ4v) is 3.20. The number of aliphatic hydroxyl groups excluding tert-OH is 1. The SMILES string of the molecule is C=CCn1c(SCCCO)nnc1C1CCNCC1.Cl. The van der Waals surface area contributed by atoms with Crippen LogP contribution in [0.25, 0.3) is 0 Å². The number of aromatic nitrogens is 3. The largest absolute Gasteiger partial charge is 0.396 e. The van der Waals surface area contributed by atoms with Gasteiger partial charge in [0.1, 0.15) is 5.82 Å². The molecule has 1 aliphatic heterocycles. The minimum absolute atomic E-state index is 0. The summed E-state index contributed by atoms with van der Waals surface area (Å²) in [6.07, 6.45) is 4.92. The minimum atomic E-state index is 0. The van der Waals surface area contributed by atoms with Crippen LogP contribution in [0.5, 0.6) is 0 Å². The molecule has 1 aromatic rings. The standard InChI is InChI=1S/C13H22N4OS.ClH/c1-2-8-17-12(11-4-6-14-7-5-11)15-16-13(17)19-10-3-9-18;/h2,11,14,18H,1,3-10H2;1H. The molecule has 2 heterocycles. The summed E-state index contributed by atoms with van der Waals surface area (Å²) in [4.78, 5) is 0. The van der Waals surface area contributed by atoms with E-state index in [0.717, 1.165) is 55.6 Å². The molecule has 0 aliphatic carbocycles. The van der Waals surface area contributed by atoms with E-state index in [1.54, 1.807) is 11.8 Å². The molecular weight excluding hydrogens is 296 g/mol. The van der Waals surface area contributed by atoms with Crippen LogP contribution in [0.15, 0.2) is 17.8 Å². The molecule has 0 spiro atoms. The van der Waals surface area contributed by atoms with E-state index < -0.39 is 0 Å². The van der Waals surface area contributed by atoms with Crippen LogP contribution in [0, 0.1) is 0 Å². The summed E-state index contributed by atoms with van der Waals surface area (Å²) in [5, 5.41) is 21.9. The van der Waals surface area contributed by atoms with Crippen LogP contribution < -0.4 is 5.32 Å². The van der Waals surface area contributed by atoms with Crippen LogP contribution in [0.2, 0.25) is 0 Å². The van der Waals surface area contributed by atoms with Gasteiger partial charge in [0.05, 0.1) is 0 Å². The molecule has 1 saturated heterocycles. The number of aliphatic hydroxyl groups is 1. The molecule has 0 amide bonds. The van der Waals surface area contributed by atoms with Gasteiger partial charge in [-0.25, -0.2) is 0 Å². The average molecular weight is 319 g/mol. The van der Waals surface area contributed by atoms with Gasteiger partial charge in [-0.1, -0.05) is 17.8 Å². The molecule has 0 bridgehead atoms. The first-order chi connectivity index (χ1) is 9.36. The lowest BCUT2D eigenvalue weighted by Gasteiger charge is -2.22. The number of halogens is 1. The van der Waals surface area contributed by atoms with Gasteiger partial charge in [0.25, 0.3) is 0 Å². The van der Waals surface area contributed by atoms with Crippen molar-refractivity contribution in [3.8, 4) is 0 Å². The molecule has 1 aliphatic rings. The van der Waals surface area contributed by atoms with Crippen molar-refractivity contribution in [2.75, 3.05) is 25.4 Å². The molecule has 7 heteroatoms. The highest BCUT2D eigenvalue weighted by atomic mass is 35.5. The maximum atomic E-state index is 8.85. The minimum Gasteiger partial charge on any atom is -0.396 e. The Bertz CT molecular complexity index is 407. The number of piperidine rings is 1. The Labute approximate surface area is 130 Å². The zero-order valence-electron chi connectivity index (χ0n) is 11.6. The van der Waals surface area contributed by atoms with Crippen LogP contribution in [-0.2, 0) is 6.54 Å². The molecule has 2 N–H and O–H groups in total. The van der Waals surface area contributed by atoms with Crippen molar-refractivity contribution in [1.29, 1.82) is 0 Å². The summed E-state index contributed by atoms with van der Waals surface area (Å²) < 4.78 is 2.17. The number of hydrogen-bond acceptors (Lipinski definition) is 5. The number of nitrogens with one attached hydrogen (secondary N) is 1. The molecule has 5 nitrogen and oxygen atoms in total. The molecule has 0 radical (unpaired) electrons. The van der Waals surface area contributed by atoms with E-state index in [9.17, 15) is 0 Å². The maximum absolute atomic E-state index is 8.85. The van der Waals surface area contributed by atoms with Crippen molar-refractivity contribution in [3.63, 3.8) is 0 Å². The molecule has 1 aromatic heterocycles. The van der Waals surface area contributed by atoms with Gasteiger partial charge in [-0.05, 0) is 32.4 Å². The van der Waals surface area contributed by atoms with Gasteiger partial charge in [0.15, 0.2) is 5.16 Å². The Balaban J connectivity index is 0.00000200. The highest BCUT2D eigenvalue weighted by molar-refractivity contribution is 7.99. The molecular formula is C13H23ClN4OS. The van der Waals surface area contributed by atoms with Crippen molar-refractivity contribution in [2.45, 2.75) is 36.9 Å². The van der Waals surface area contributed by atoms with Crippen LogP contribution in [-0.4, -0.2) is 45.3 Å². The van der Waals surface area contributed by atoms with Crippen LogP contribution in [0.4, 0.5) is 0 Å². The fraction of sp³-hybridized carbons (Fsp3) is 0.692. The van der Waals surface area contributed by atoms with E-state index in [1.807, 2.05) is 6.08 Å². The topological polar surface area (TPSA) is 63.0 Å². The average Bonchev–Trinajstić information content (AvgIpc) is 2.84. The molecule has 0 saturated carbocycles. The Kier molecular flexibility index (Phi) is 8.21. The second-order valence-electron chi connectivity index (χ2n) is 4.69. The van der Waals surface area contributed by atoms with Gasteiger partial charge in [-0.2, -0.15) is 0 Å². The highest BCUT2D eigenvalue weighted by Gasteiger charge is 2.22. The Morgan fingerprint density at radius 3 is 2.80 bits per heavy atom. The summed E-state index contributed by atoms with van der Waals surface area (Å²) >= 11 is 1.66. The van der Waals surface area contributed by atoms with E-state index in [-0.39, 0.29) is 19.0 Å². The molecule has 0 atom stereocenters. The monoisotopic (exact) mass is 318 g/mol. The maximum Gasteiger partial charge on any atom is 0.191 e. The molecule has 0 unspecified atom stereocenters. The van der Waals surface area contributed by atoms with Crippen molar-refractivity contribution in [1.82, 2.24) is 20.1 Å². The van der Waals surface area contributed by atoms with Crippen molar-refractivity contribution in [2.24, 2.45) is 0 Å². The molecule has 2 rings (SSSR count). The van der Waals surface area contributed by atoms with Crippen LogP contribution >= 0.6 is 24.2 Å². The summed E-state index contributed by atoms with van der Waals surface area (Å²) in [5.74, 6) is 2.46. The van der Waals surface area contributed by atoms with Gasteiger partial charge in [-0.15, -0.1) is 29.2 Å². The molecule has 0 aromatic carbocycles. The smallest absolute Gasteiger partial charge is 0.191 e. The number of rotatable bonds is 7. The van der Waals surface area contributed by atoms with E-state index in [2.05, 4.69) is 26.7 Å². The second-order valence-corrected chi connectivity index (χ2v) is 5.75. The predicted octanol–water partition coefficient (Wildman–Crippen LogP) is 1.83. The number of allylic oxidation sites excluding steroid dienone is 1. The third kappa shape index (κ3) is 4.48. The summed E-state index contributed by atoms with van der Waals surface area (Å²) in [6.45, 7) is 6.91. The van der Waals surface area contributed by atoms with Gasteiger partial charge < -0.3 is 15.0 Å². The van der Waals surface area contributed by atoms with E-state index >= 15 is 0 Å². The lowest BCUT2D eigenvalue weighted by Crippen LogP contribution is -2.28. The molecule has 1 fully saturated rings. The van der Waals surface area contributed by atoms with E-state index in [1.165, 1.54) is 0 Å².